The van der Waals surface area contributed by atoms with Gasteiger partial charge in [0.1, 0.15) is 12.1 Å². The maximum absolute atomic E-state index is 5.91. The number of hydrogen-bond acceptors (Lipinski definition) is 4. The van der Waals surface area contributed by atoms with Crippen molar-refractivity contribution in [3.05, 3.63) is 40.9 Å². The maximum Gasteiger partial charge on any atom is 0.131 e. The maximum atomic E-state index is 5.91. The Kier molecular flexibility index (Phi) is 1.84. The Morgan fingerprint density at radius 3 is 3.06 bits per heavy atom. The number of allylic oxidation sites excluding steroid dienone is 1. The van der Waals surface area contributed by atoms with Gasteiger partial charge in [-0.2, -0.15) is 0 Å². The average molecular weight is 236 g/mol. The first kappa shape index (κ1) is 9.76. The first-order valence-electron chi connectivity index (χ1n) is 6.12. The Balaban J connectivity index is 1.97. The summed E-state index contributed by atoms with van der Waals surface area (Å²) in [6.07, 6.45) is 8.75. The highest BCUT2D eigenvalue weighted by Crippen LogP contribution is 2.37. The fourth-order valence-electron chi connectivity index (χ4n) is 2.72. The van der Waals surface area contributed by atoms with E-state index in [4.69, 9.17) is 10.7 Å². The van der Waals surface area contributed by atoms with E-state index in [1.54, 1.807) is 0 Å². The molecule has 0 radical (unpaired) electrons. The number of hydrogen-bond donors (Lipinski definition) is 1. The minimum absolute atomic E-state index is 0.575. The van der Waals surface area contributed by atoms with Crippen LogP contribution in [0.3, 0.4) is 0 Å². The van der Waals surface area contributed by atoms with Gasteiger partial charge in [-0.25, -0.2) is 9.97 Å². The molecular formula is C14H12N4. The van der Waals surface area contributed by atoms with Crippen LogP contribution in [-0.2, 0) is 12.8 Å². The van der Waals surface area contributed by atoms with Gasteiger partial charge in [-0.1, -0.05) is 12.2 Å². The van der Waals surface area contributed by atoms with Crippen molar-refractivity contribution in [1.82, 2.24) is 15.0 Å². The zero-order valence-corrected chi connectivity index (χ0v) is 9.85. The van der Waals surface area contributed by atoms with Crippen LogP contribution in [0.4, 0.5) is 5.82 Å². The molecule has 2 aromatic rings. The summed E-state index contributed by atoms with van der Waals surface area (Å²) in [5.41, 5.74) is 12.5. The SMILES string of the molecule is Nc1ncnc2c1Cc1cc3c(nc1-2)CCC=C3. The lowest BCUT2D eigenvalue weighted by molar-refractivity contribution is 0.925. The van der Waals surface area contributed by atoms with Crippen molar-refractivity contribution >= 4 is 11.9 Å². The van der Waals surface area contributed by atoms with Crippen LogP contribution in [0, 0.1) is 0 Å². The van der Waals surface area contributed by atoms with Crippen molar-refractivity contribution in [3.63, 3.8) is 0 Å². The Morgan fingerprint density at radius 1 is 1.17 bits per heavy atom. The lowest BCUT2D eigenvalue weighted by Gasteiger charge is -2.11. The van der Waals surface area contributed by atoms with Gasteiger partial charge >= 0.3 is 0 Å². The van der Waals surface area contributed by atoms with Gasteiger partial charge in [-0.3, -0.25) is 4.98 Å². The van der Waals surface area contributed by atoms with Gasteiger partial charge in [0.05, 0.1) is 11.4 Å². The molecule has 88 valence electrons. The first-order chi connectivity index (χ1) is 8.83. The summed E-state index contributed by atoms with van der Waals surface area (Å²) in [4.78, 5) is 13.2. The molecule has 4 rings (SSSR count). The van der Waals surface area contributed by atoms with Gasteiger partial charge in [-0.15, -0.1) is 0 Å². The van der Waals surface area contributed by atoms with E-state index in [1.807, 2.05) is 0 Å². The number of pyridine rings is 1. The van der Waals surface area contributed by atoms with Crippen LogP contribution in [0.15, 0.2) is 18.5 Å². The topological polar surface area (TPSA) is 64.7 Å². The Bertz CT molecular complexity index is 688. The van der Waals surface area contributed by atoms with Gasteiger partial charge in [0.15, 0.2) is 0 Å². The Morgan fingerprint density at radius 2 is 2.11 bits per heavy atom. The molecule has 0 atom stereocenters. The molecule has 0 saturated heterocycles. The van der Waals surface area contributed by atoms with Gasteiger partial charge in [0.25, 0.3) is 0 Å². The number of anilines is 1. The van der Waals surface area contributed by atoms with E-state index in [9.17, 15) is 0 Å². The molecule has 4 heteroatoms. The number of aromatic nitrogens is 3. The third-order valence-corrected chi connectivity index (χ3v) is 3.63. The fraction of sp³-hybridized carbons (Fsp3) is 0.214. The summed E-state index contributed by atoms with van der Waals surface area (Å²) in [5.74, 6) is 0.575. The number of fused-ring (bicyclic) bond motifs is 4. The second-order valence-electron chi connectivity index (χ2n) is 4.74. The standard InChI is InChI=1S/C14H12N4/c15-14-10-6-9-5-8-3-1-2-4-11(8)18-12(9)13(10)16-7-17-14/h1,3,5,7H,2,4,6H2,(H2,15,16,17). The largest absolute Gasteiger partial charge is 0.383 e. The zero-order chi connectivity index (χ0) is 12.1. The first-order valence-corrected chi connectivity index (χ1v) is 6.12. The molecular weight excluding hydrogens is 224 g/mol. The number of aryl methyl sites for hydroxylation is 1. The minimum Gasteiger partial charge on any atom is -0.383 e. The Hall–Kier alpha value is -2.23. The molecule has 0 saturated carbocycles. The van der Waals surface area contributed by atoms with Gasteiger partial charge in [0, 0.05) is 17.7 Å². The molecule has 0 aliphatic heterocycles. The van der Waals surface area contributed by atoms with Crippen molar-refractivity contribution < 1.29 is 0 Å². The number of nitrogens with two attached hydrogens (primary N) is 1. The highest BCUT2D eigenvalue weighted by molar-refractivity contribution is 5.75. The van der Waals surface area contributed by atoms with Crippen molar-refractivity contribution in [1.29, 1.82) is 0 Å². The van der Waals surface area contributed by atoms with Crippen LogP contribution in [-0.4, -0.2) is 15.0 Å². The lowest BCUT2D eigenvalue weighted by Crippen LogP contribution is -2.01. The second kappa shape index (κ2) is 3.38. The smallest absolute Gasteiger partial charge is 0.131 e. The highest BCUT2D eigenvalue weighted by Gasteiger charge is 2.25. The summed E-state index contributed by atoms with van der Waals surface area (Å²) in [6, 6.07) is 2.22. The average Bonchev–Trinajstić information content (AvgIpc) is 2.76. The van der Waals surface area contributed by atoms with Crippen LogP contribution in [0.1, 0.15) is 28.8 Å². The summed E-state index contributed by atoms with van der Waals surface area (Å²) in [6.45, 7) is 0. The third kappa shape index (κ3) is 1.23. The zero-order valence-electron chi connectivity index (χ0n) is 9.85. The molecule has 0 fully saturated rings. The fourth-order valence-corrected chi connectivity index (χ4v) is 2.72. The van der Waals surface area contributed by atoms with Gasteiger partial charge in [0.2, 0.25) is 0 Å². The number of rotatable bonds is 0. The molecule has 0 unspecified atom stereocenters. The third-order valence-electron chi connectivity index (χ3n) is 3.63. The predicted octanol–water partition coefficient (Wildman–Crippen LogP) is 1.98. The lowest BCUT2D eigenvalue weighted by atomic mass is 10.00. The summed E-state index contributed by atoms with van der Waals surface area (Å²) < 4.78 is 0. The van der Waals surface area contributed by atoms with Gasteiger partial charge < -0.3 is 5.73 Å². The van der Waals surface area contributed by atoms with Crippen LogP contribution >= 0.6 is 0 Å². The van der Waals surface area contributed by atoms with E-state index in [2.05, 4.69) is 28.2 Å². The van der Waals surface area contributed by atoms with Crippen LogP contribution in [0.25, 0.3) is 17.5 Å². The van der Waals surface area contributed by atoms with E-state index in [-0.39, 0.29) is 0 Å². The molecule has 0 aromatic carbocycles. The molecule has 2 aromatic heterocycles. The minimum atomic E-state index is 0.575. The van der Waals surface area contributed by atoms with Crippen LogP contribution in [0.5, 0.6) is 0 Å². The molecule has 2 N–H and O–H groups in total. The van der Waals surface area contributed by atoms with Crippen molar-refractivity contribution in [2.45, 2.75) is 19.3 Å². The molecule has 18 heavy (non-hydrogen) atoms. The molecule has 0 amide bonds. The van der Waals surface area contributed by atoms with E-state index in [0.29, 0.717) is 5.82 Å². The molecule has 2 aliphatic rings. The van der Waals surface area contributed by atoms with Gasteiger partial charge in [-0.05, 0) is 30.0 Å². The summed E-state index contributed by atoms with van der Waals surface area (Å²) in [7, 11) is 0. The normalized spacial score (nSPS) is 15.1. The van der Waals surface area contributed by atoms with Crippen LogP contribution in [0.2, 0.25) is 0 Å². The Labute approximate surface area is 105 Å². The van der Waals surface area contributed by atoms with Crippen molar-refractivity contribution in [2.24, 2.45) is 0 Å². The summed E-state index contributed by atoms with van der Waals surface area (Å²) >= 11 is 0. The van der Waals surface area contributed by atoms with E-state index >= 15 is 0 Å². The monoisotopic (exact) mass is 236 g/mol. The molecule has 2 heterocycles. The van der Waals surface area contributed by atoms with E-state index < -0.39 is 0 Å². The van der Waals surface area contributed by atoms with Crippen LogP contribution < -0.4 is 5.73 Å². The van der Waals surface area contributed by atoms with Crippen molar-refractivity contribution in [3.8, 4) is 11.4 Å². The number of nitrogen functional groups attached to an aromatic ring is 1. The molecule has 2 aliphatic carbocycles. The van der Waals surface area contributed by atoms with E-state index in [1.165, 1.54) is 23.1 Å². The van der Waals surface area contributed by atoms with Crippen molar-refractivity contribution in [2.75, 3.05) is 5.73 Å². The second-order valence-corrected chi connectivity index (χ2v) is 4.74. The highest BCUT2D eigenvalue weighted by atomic mass is 14.9. The molecule has 0 bridgehead atoms. The summed E-state index contributed by atoms with van der Waals surface area (Å²) in [5, 5.41) is 0. The number of nitrogens with zero attached hydrogens (tertiary/aromatic N) is 3. The molecule has 4 nitrogen and oxygen atoms in total. The quantitative estimate of drug-likeness (QED) is 0.648. The molecule has 0 spiro atoms. The van der Waals surface area contributed by atoms with E-state index in [0.717, 1.165) is 36.2 Å². The predicted molar refractivity (Wildman–Crippen MR) is 69.8 cm³/mol.